The lowest BCUT2D eigenvalue weighted by Gasteiger charge is -2.34. The van der Waals surface area contributed by atoms with Crippen molar-refractivity contribution < 1.29 is 14.7 Å². The van der Waals surface area contributed by atoms with Crippen molar-refractivity contribution in [1.82, 2.24) is 10.2 Å². The number of urea groups is 1. The van der Waals surface area contributed by atoms with E-state index in [0.717, 1.165) is 24.9 Å². The number of nitrogens with zero attached hydrogens (tertiary/aromatic N) is 1. The molecule has 3 rings (SSSR count). The van der Waals surface area contributed by atoms with Crippen LogP contribution >= 0.6 is 0 Å². The monoisotopic (exact) mass is 330 g/mol. The maximum atomic E-state index is 12.7. The average Bonchev–Trinajstić information content (AvgIpc) is 3.43. The highest BCUT2D eigenvalue weighted by Crippen LogP contribution is 2.32. The van der Waals surface area contributed by atoms with Crippen LogP contribution in [0.15, 0.2) is 24.3 Å². The summed E-state index contributed by atoms with van der Waals surface area (Å²) in [5, 5.41) is 11.9. The summed E-state index contributed by atoms with van der Waals surface area (Å²) in [6, 6.07) is 7.08. The number of carbonyl (C=O) groups excluding carboxylic acids is 1. The molecule has 0 atom stereocenters. The van der Waals surface area contributed by atoms with Gasteiger partial charge in [0.15, 0.2) is 0 Å². The van der Waals surface area contributed by atoms with Gasteiger partial charge in [-0.05, 0) is 49.3 Å². The predicted octanol–water partition coefficient (Wildman–Crippen LogP) is 3.64. The van der Waals surface area contributed by atoms with Crippen LogP contribution in [-0.4, -0.2) is 34.6 Å². The molecule has 0 radical (unpaired) electrons. The van der Waals surface area contributed by atoms with Crippen LogP contribution < -0.4 is 5.32 Å². The molecule has 1 aromatic rings. The van der Waals surface area contributed by atoms with E-state index in [1.54, 1.807) is 24.3 Å². The number of hydrogen-bond acceptors (Lipinski definition) is 2. The van der Waals surface area contributed by atoms with Gasteiger partial charge in [-0.15, -0.1) is 0 Å². The summed E-state index contributed by atoms with van der Waals surface area (Å²) in [6.07, 6.45) is 8.44. The summed E-state index contributed by atoms with van der Waals surface area (Å²) in [4.78, 5) is 25.6. The molecule has 2 aliphatic carbocycles. The van der Waals surface area contributed by atoms with E-state index in [1.807, 2.05) is 0 Å². The Hall–Kier alpha value is -2.04. The van der Waals surface area contributed by atoms with Crippen LogP contribution in [0.5, 0.6) is 0 Å². The van der Waals surface area contributed by atoms with Crippen LogP contribution in [0.25, 0.3) is 0 Å². The van der Waals surface area contributed by atoms with Crippen molar-refractivity contribution in [2.45, 2.75) is 57.5 Å². The van der Waals surface area contributed by atoms with Crippen molar-refractivity contribution in [2.24, 2.45) is 5.92 Å². The fraction of sp³-hybridized carbons (Fsp3) is 0.579. The number of amides is 2. The van der Waals surface area contributed by atoms with Gasteiger partial charge in [0.1, 0.15) is 0 Å². The van der Waals surface area contributed by atoms with Crippen molar-refractivity contribution >= 4 is 12.0 Å². The zero-order valence-corrected chi connectivity index (χ0v) is 14.0. The van der Waals surface area contributed by atoms with Crippen molar-refractivity contribution in [1.29, 1.82) is 0 Å². The predicted molar refractivity (Wildman–Crippen MR) is 91.9 cm³/mol. The maximum Gasteiger partial charge on any atom is 0.335 e. The Morgan fingerprint density at radius 2 is 1.71 bits per heavy atom. The molecule has 0 heterocycles. The molecule has 1 aromatic carbocycles. The topological polar surface area (TPSA) is 69.6 Å². The number of carboxylic acids is 1. The number of rotatable bonds is 6. The Morgan fingerprint density at radius 3 is 2.29 bits per heavy atom. The van der Waals surface area contributed by atoms with E-state index < -0.39 is 5.97 Å². The number of benzene rings is 1. The molecule has 0 bridgehead atoms. The Bertz CT molecular complexity index is 575. The second-order valence-electron chi connectivity index (χ2n) is 7.05. The molecule has 0 saturated heterocycles. The Morgan fingerprint density at radius 1 is 1.04 bits per heavy atom. The second kappa shape index (κ2) is 7.69. The van der Waals surface area contributed by atoms with Crippen molar-refractivity contribution in [3.63, 3.8) is 0 Å². The van der Waals surface area contributed by atoms with Gasteiger partial charge in [0.25, 0.3) is 0 Å². The molecule has 2 saturated carbocycles. The summed E-state index contributed by atoms with van der Waals surface area (Å²) >= 11 is 0. The minimum absolute atomic E-state index is 0.0242. The van der Waals surface area contributed by atoms with Crippen LogP contribution in [0.2, 0.25) is 0 Å². The van der Waals surface area contributed by atoms with Crippen molar-refractivity contribution in [3.8, 4) is 0 Å². The maximum absolute atomic E-state index is 12.7. The van der Waals surface area contributed by atoms with E-state index in [-0.39, 0.29) is 11.6 Å². The van der Waals surface area contributed by atoms with Gasteiger partial charge in [0, 0.05) is 19.1 Å². The van der Waals surface area contributed by atoms with Gasteiger partial charge < -0.3 is 15.3 Å². The molecule has 24 heavy (non-hydrogen) atoms. The summed E-state index contributed by atoms with van der Waals surface area (Å²) in [6.45, 7) is 1.32. The smallest absolute Gasteiger partial charge is 0.335 e. The van der Waals surface area contributed by atoms with Gasteiger partial charge in [-0.2, -0.15) is 0 Å². The molecule has 2 fully saturated rings. The molecule has 130 valence electrons. The Kier molecular flexibility index (Phi) is 5.38. The first-order valence-corrected chi connectivity index (χ1v) is 9.00. The molecule has 5 heteroatoms. The zero-order chi connectivity index (χ0) is 16.9. The number of carbonyl (C=O) groups is 2. The number of aromatic carboxylic acids is 1. The number of carboxylic acid groups (broad SMARTS) is 1. The van der Waals surface area contributed by atoms with Gasteiger partial charge in [-0.3, -0.25) is 0 Å². The Labute approximate surface area is 143 Å². The number of nitrogens with one attached hydrogen (secondary N) is 1. The normalized spacial score (nSPS) is 18.2. The summed E-state index contributed by atoms with van der Waals surface area (Å²) in [5.74, 6) is -0.244. The largest absolute Gasteiger partial charge is 0.478 e. The van der Waals surface area contributed by atoms with Crippen molar-refractivity contribution in [3.05, 3.63) is 35.4 Å². The third-order valence-corrected chi connectivity index (χ3v) is 5.07. The first-order valence-electron chi connectivity index (χ1n) is 9.00. The highest BCUT2D eigenvalue weighted by Gasteiger charge is 2.31. The zero-order valence-electron chi connectivity index (χ0n) is 14.0. The van der Waals surface area contributed by atoms with Crippen LogP contribution in [0.4, 0.5) is 4.79 Å². The molecule has 0 aliphatic heterocycles. The lowest BCUT2D eigenvalue weighted by molar-refractivity contribution is 0.0697. The fourth-order valence-corrected chi connectivity index (χ4v) is 3.41. The van der Waals surface area contributed by atoms with Crippen LogP contribution in [0.1, 0.15) is 60.9 Å². The standard InChI is InChI=1S/C19H26N2O3/c22-18(23)16-10-8-14(9-11-16)12-20-19(24)21(13-15-6-7-15)17-4-2-1-3-5-17/h8-11,15,17H,1-7,12-13H2,(H,20,24)(H,22,23). The molecule has 0 unspecified atom stereocenters. The van der Waals surface area contributed by atoms with Crippen LogP contribution in [-0.2, 0) is 6.54 Å². The summed E-state index contributed by atoms with van der Waals surface area (Å²) in [7, 11) is 0. The van der Waals surface area contributed by atoms with Gasteiger partial charge in [-0.25, -0.2) is 9.59 Å². The van der Waals surface area contributed by atoms with E-state index in [2.05, 4.69) is 10.2 Å². The minimum atomic E-state index is -0.932. The Balaban J connectivity index is 1.56. The molecule has 2 amide bonds. The van der Waals surface area contributed by atoms with Crippen molar-refractivity contribution in [2.75, 3.05) is 6.54 Å². The molecule has 5 nitrogen and oxygen atoms in total. The molecule has 0 aromatic heterocycles. The highest BCUT2D eigenvalue weighted by atomic mass is 16.4. The van der Waals surface area contributed by atoms with Gasteiger partial charge in [0.05, 0.1) is 5.56 Å². The molecule has 0 spiro atoms. The van der Waals surface area contributed by atoms with Gasteiger partial charge >= 0.3 is 12.0 Å². The SMILES string of the molecule is O=C(O)c1ccc(CNC(=O)N(CC2CC2)C2CCCCC2)cc1. The highest BCUT2D eigenvalue weighted by molar-refractivity contribution is 5.87. The molecular formula is C19H26N2O3. The number of hydrogen-bond donors (Lipinski definition) is 2. The van der Waals surface area contributed by atoms with E-state index in [9.17, 15) is 9.59 Å². The fourth-order valence-electron chi connectivity index (χ4n) is 3.41. The summed E-state index contributed by atoms with van der Waals surface area (Å²) in [5.41, 5.74) is 1.19. The molecular weight excluding hydrogens is 304 g/mol. The summed E-state index contributed by atoms with van der Waals surface area (Å²) < 4.78 is 0. The third kappa shape index (κ3) is 4.49. The molecule has 2 aliphatic rings. The second-order valence-corrected chi connectivity index (χ2v) is 7.05. The first kappa shape index (κ1) is 16.8. The lowest BCUT2D eigenvalue weighted by atomic mass is 9.94. The van der Waals surface area contributed by atoms with E-state index >= 15 is 0 Å². The first-order chi connectivity index (χ1) is 11.6. The quantitative estimate of drug-likeness (QED) is 0.836. The van der Waals surface area contributed by atoms with Gasteiger partial charge in [-0.1, -0.05) is 31.4 Å². The van der Waals surface area contributed by atoms with Crippen LogP contribution in [0.3, 0.4) is 0 Å². The van der Waals surface area contributed by atoms with E-state index in [4.69, 9.17) is 5.11 Å². The average molecular weight is 330 g/mol. The van der Waals surface area contributed by atoms with Crippen LogP contribution in [0, 0.1) is 5.92 Å². The van der Waals surface area contributed by atoms with Gasteiger partial charge in [0.2, 0.25) is 0 Å². The van der Waals surface area contributed by atoms with E-state index in [0.29, 0.717) is 18.5 Å². The molecule has 2 N–H and O–H groups in total. The lowest BCUT2D eigenvalue weighted by Crippen LogP contribution is -2.47. The van der Waals surface area contributed by atoms with E-state index in [1.165, 1.54) is 32.1 Å². The minimum Gasteiger partial charge on any atom is -0.478 e. The third-order valence-electron chi connectivity index (χ3n) is 5.07.